The van der Waals surface area contributed by atoms with E-state index in [2.05, 4.69) is 21.1 Å². The van der Waals surface area contributed by atoms with E-state index in [-0.39, 0.29) is 46.7 Å². The highest BCUT2D eigenvalue weighted by Gasteiger charge is 2.26. The molecule has 0 spiro atoms. The first kappa shape index (κ1) is 33.8. The zero-order valence-corrected chi connectivity index (χ0v) is 26.6. The van der Waals surface area contributed by atoms with Crippen molar-refractivity contribution in [1.82, 2.24) is 15.4 Å². The number of para-hydroxylation sites is 1. The highest BCUT2D eigenvalue weighted by Crippen LogP contribution is 2.27. The van der Waals surface area contributed by atoms with Crippen LogP contribution in [-0.4, -0.2) is 59.2 Å². The third-order valence-electron chi connectivity index (χ3n) is 6.89. The number of amides is 4. The number of methoxy groups -OCH3 is 1. The van der Waals surface area contributed by atoms with Gasteiger partial charge in [0.05, 0.1) is 41.4 Å². The van der Waals surface area contributed by atoms with E-state index < -0.39 is 23.9 Å². The third-order valence-corrected chi connectivity index (χ3v) is 7.52. The number of rotatable bonds is 12. The Bertz CT molecular complexity index is 1740. The number of carbonyl (C=O) groups excluding carboxylic acids is 3. The number of urea groups is 1. The minimum Gasteiger partial charge on any atom is -0.495 e. The molecule has 0 aliphatic heterocycles. The van der Waals surface area contributed by atoms with Crippen molar-refractivity contribution in [3.8, 4) is 5.75 Å². The number of carboxylic acid groups (broad SMARTS) is 1. The zero-order valence-electron chi connectivity index (χ0n) is 25.1. The topological polar surface area (TPSA) is 163 Å². The van der Waals surface area contributed by atoms with Crippen molar-refractivity contribution in [2.45, 2.75) is 32.4 Å². The predicted molar refractivity (Wildman–Crippen MR) is 173 cm³/mol. The molecule has 1 aromatic heterocycles. The Balaban J connectivity index is 1.33. The SMILES string of the molecule is COc1cc(CC(=O)N(C)Cc2cc(CC(NC(=O)c3c(Cl)cccc3Cl)C(=O)O)on2)ccc1NC(=O)Nc1ccccc1C. The second-order valence-corrected chi connectivity index (χ2v) is 11.1. The molecule has 1 unspecified atom stereocenters. The lowest BCUT2D eigenvalue weighted by molar-refractivity contribution is -0.139. The molecular weight excluding hydrogens is 637 g/mol. The largest absolute Gasteiger partial charge is 0.495 e. The number of carboxylic acids is 1. The van der Waals surface area contributed by atoms with Gasteiger partial charge in [-0.1, -0.05) is 58.7 Å². The smallest absolute Gasteiger partial charge is 0.326 e. The van der Waals surface area contributed by atoms with Crippen LogP contribution in [0, 0.1) is 6.92 Å². The Hall–Kier alpha value is -5.07. The fraction of sp³-hybridized carbons (Fsp3) is 0.219. The van der Waals surface area contributed by atoms with Gasteiger partial charge in [-0.25, -0.2) is 9.59 Å². The van der Waals surface area contributed by atoms with E-state index in [1.165, 1.54) is 30.2 Å². The van der Waals surface area contributed by atoms with E-state index in [0.29, 0.717) is 28.4 Å². The normalized spacial score (nSPS) is 11.3. The molecule has 46 heavy (non-hydrogen) atoms. The summed E-state index contributed by atoms with van der Waals surface area (Å²) in [7, 11) is 3.05. The summed E-state index contributed by atoms with van der Waals surface area (Å²) in [5.74, 6) is -1.72. The van der Waals surface area contributed by atoms with Gasteiger partial charge in [0.15, 0.2) is 0 Å². The lowest BCUT2D eigenvalue weighted by Gasteiger charge is -2.17. The Morgan fingerprint density at radius 1 is 0.978 bits per heavy atom. The molecule has 4 aromatic rings. The van der Waals surface area contributed by atoms with Gasteiger partial charge in [-0.05, 0) is 48.4 Å². The summed E-state index contributed by atoms with van der Waals surface area (Å²) in [5.41, 5.74) is 3.01. The van der Waals surface area contributed by atoms with E-state index in [4.69, 9.17) is 32.5 Å². The van der Waals surface area contributed by atoms with Gasteiger partial charge < -0.3 is 35.2 Å². The predicted octanol–water partition coefficient (Wildman–Crippen LogP) is 5.57. The number of likely N-dealkylation sites (N-methyl/N-ethyl adjacent to an activating group) is 1. The molecule has 12 nitrogen and oxygen atoms in total. The first-order valence-electron chi connectivity index (χ1n) is 13.9. The number of aryl methyl sites for hydroxylation is 1. The molecule has 1 heterocycles. The number of hydrogen-bond donors (Lipinski definition) is 4. The summed E-state index contributed by atoms with van der Waals surface area (Å²) in [6, 6.07) is 16.6. The van der Waals surface area contributed by atoms with Crippen LogP contribution in [0.3, 0.4) is 0 Å². The third kappa shape index (κ3) is 8.77. The summed E-state index contributed by atoms with van der Waals surface area (Å²) in [6.45, 7) is 1.97. The number of ether oxygens (including phenoxy) is 1. The van der Waals surface area contributed by atoms with Crippen molar-refractivity contribution in [1.29, 1.82) is 0 Å². The molecule has 3 aromatic carbocycles. The summed E-state index contributed by atoms with van der Waals surface area (Å²) >= 11 is 12.1. The number of nitrogens with one attached hydrogen (secondary N) is 3. The second-order valence-electron chi connectivity index (χ2n) is 10.3. The standard InChI is InChI=1S/C32H31Cl2N5O7/c1-18-7-4-5-10-24(18)36-32(44)37-25-12-11-19(13-27(25)45-3)14-28(40)39(2)17-20-15-21(46-38-20)16-26(31(42)43)35-30(41)29-22(33)8-6-9-23(29)34/h4-13,15,26H,14,16-17H2,1-3H3,(H,35,41)(H,42,43)(H2,36,37,44). The Labute approximate surface area is 274 Å². The molecule has 4 N–H and O–H groups in total. The molecule has 0 fully saturated rings. The number of aliphatic carboxylic acids is 1. The number of hydrogen-bond acceptors (Lipinski definition) is 7. The fourth-order valence-electron chi connectivity index (χ4n) is 4.45. The highest BCUT2D eigenvalue weighted by atomic mass is 35.5. The Morgan fingerprint density at radius 3 is 2.35 bits per heavy atom. The van der Waals surface area contributed by atoms with Gasteiger partial charge in [0, 0.05) is 25.2 Å². The number of benzene rings is 3. The molecule has 0 saturated carbocycles. The Morgan fingerprint density at radius 2 is 1.67 bits per heavy atom. The van der Waals surface area contributed by atoms with Gasteiger partial charge in [0.1, 0.15) is 23.2 Å². The zero-order chi connectivity index (χ0) is 33.4. The Kier molecular flexibility index (Phi) is 11.2. The number of carbonyl (C=O) groups is 4. The number of anilines is 2. The van der Waals surface area contributed by atoms with E-state index in [0.717, 1.165) is 5.56 Å². The lowest BCUT2D eigenvalue weighted by Crippen LogP contribution is -2.42. The summed E-state index contributed by atoms with van der Waals surface area (Å²) in [6.07, 6.45) is -0.179. The van der Waals surface area contributed by atoms with Crippen LogP contribution in [-0.2, 0) is 29.0 Å². The van der Waals surface area contributed by atoms with Crippen LogP contribution >= 0.6 is 23.2 Å². The van der Waals surface area contributed by atoms with Crippen molar-refractivity contribution in [3.05, 3.63) is 105 Å². The summed E-state index contributed by atoms with van der Waals surface area (Å²) in [5, 5.41) is 21.7. The molecule has 0 radical (unpaired) electrons. The molecule has 0 saturated heterocycles. The average molecular weight is 669 g/mol. The maximum Gasteiger partial charge on any atom is 0.326 e. The van der Waals surface area contributed by atoms with Gasteiger partial charge in [0.2, 0.25) is 5.91 Å². The molecule has 4 amide bonds. The number of nitrogens with zero attached hydrogens (tertiary/aromatic N) is 2. The molecule has 14 heteroatoms. The lowest BCUT2D eigenvalue weighted by atomic mass is 10.1. The van der Waals surface area contributed by atoms with Crippen LogP contribution in [0.2, 0.25) is 10.0 Å². The molecule has 1 atom stereocenters. The first-order valence-corrected chi connectivity index (χ1v) is 14.7. The van der Waals surface area contributed by atoms with Crippen LogP contribution in [0.4, 0.5) is 16.2 Å². The maximum absolute atomic E-state index is 13.0. The molecule has 0 aliphatic rings. The van der Waals surface area contributed by atoms with Crippen LogP contribution in [0.15, 0.2) is 71.3 Å². The van der Waals surface area contributed by atoms with E-state index in [1.54, 1.807) is 37.4 Å². The van der Waals surface area contributed by atoms with Crippen LogP contribution in [0.25, 0.3) is 0 Å². The number of halogens is 2. The molecular formula is C32H31Cl2N5O7. The highest BCUT2D eigenvalue weighted by molar-refractivity contribution is 6.39. The minimum absolute atomic E-state index is 0.0327. The van der Waals surface area contributed by atoms with Crippen molar-refractivity contribution >= 4 is 58.4 Å². The van der Waals surface area contributed by atoms with Gasteiger partial charge >= 0.3 is 12.0 Å². The molecule has 0 bridgehead atoms. The first-order chi connectivity index (χ1) is 21.9. The molecule has 4 rings (SSSR count). The number of aromatic nitrogens is 1. The summed E-state index contributed by atoms with van der Waals surface area (Å²) in [4.78, 5) is 51.5. The van der Waals surface area contributed by atoms with Crippen LogP contribution < -0.4 is 20.7 Å². The maximum atomic E-state index is 13.0. The second kappa shape index (κ2) is 15.3. The van der Waals surface area contributed by atoms with Crippen molar-refractivity contribution in [2.75, 3.05) is 24.8 Å². The quantitative estimate of drug-likeness (QED) is 0.152. The van der Waals surface area contributed by atoms with E-state index >= 15 is 0 Å². The van der Waals surface area contributed by atoms with Gasteiger partial charge in [-0.15, -0.1) is 0 Å². The van der Waals surface area contributed by atoms with Crippen molar-refractivity contribution in [3.63, 3.8) is 0 Å². The average Bonchev–Trinajstić information content (AvgIpc) is 3.45. The van der Waals surface area contributed by atoms with Crippen LogP contribution in [0.1, 0.15) is 32.9 Å². The van der Waals surface area contributed by atoms with Crippen LogP contribution in [0.5, 0.6) is 5.75 Å². The van der Waals surface area contributed by atoms with Gasteiger partial charge in [0.25, 0.3) is 5.91 Å². The minimum atomic E-state index is -1.36. The molecule has 240 valence electrons. The monoisotopic (exact) mass is 667 g/mol. The van der Waals surface area contributed by atoms with Crippen molar-refractivity contribution < 1.29 is 33.5 Å². The van der Waals surface area contributed by atoms with Gasteiger partial charge in [-0.2, -0.15) is 0 Å². The summed E-state index contributed by atoms with van der Waals surface area (Å²) < 4.78 is 10.7. The molecule has 0 aliphatic carbocycles. The van der Waals surface area contributed by atoms with Crippen molar-refractivity contribution in [2.24, 2.45) is 0 Å². The van der Waals surface area contributed by atoms with Gasteiger partial charge in [-0.3, -0.25) is 9.59 Å². The van der Waals surface area contributed by atoms with E-state index in [9.17, 15) is 24.3 Å². The fourth-order valence-corrected chi connectivity index (χ4v) is 5.02. The van der Waals surface area contributed by atoms with E-state index in [1.807, 2.05) is 25.1 Å².